The molecule has 92 valence electrons. The van der Waals surface area contributed by atoms with E-state index in [9.17, 15) is 4.79 Å². The molecule has 2 atom stereocenters. The summed E-state index contributed by atoms with van der Waals surface area (Å²) in [7, 11) is 0. The van der Waals surface area contributed by atoms with Crippen molar-refractivity contribution in [1.29, 1.82) is 0 Å². The Morgan fingerprint density at radius 1 is 1.59 bits per heavy atom. The van der Waals surface area contributed by atoms with Crippen LogP contribution in [0.1, 0.15) is 18.5 Å². The van der Waals surface area contributed by atoms with Crippen LogP contribution in [0.15, 0.2) is 24.3 Å². The Hall–Kier alpha value is -1.75. The molecular formula is C12H16N2O3. The molecule has 17 heavy (non-hydrogen) atoms. The number of ether oxygens (including phenoxy) is 2. The fourth-order valence-corrected chi connectivity index (χ4v) is 1.70. The van der Waals surface area contributed by atoms with Crippen LogP contribution in [0.5, 0.6) is 5.75 Å². The van der Waals surface area contributed by atoms with E-state index in [-0.39, 0.29) is 18.2 Å². The van der Waals surface area contributed by atoms with E-state index < -0.39 is 0 Å². The van der Waals surface area contributed by atoms with Crippen LogP contribution in [0.4, 0.5) is 4.79 Å². The molecule has 0 aliphatic carbocycles. The summed E-state index contributed by atoms with van der Waals surface area (Å²) < 4.78 is 10.6. The molecule has 1 amide bonds. The van der Waals surface area contributed by atoms with E-state index >= 15 is 0 Å². The van der Waals surface area contributed by atoms with Gasteiger partial charge in [0.05, 0.1) is 6.54 Å². The summed E-state index contributed by atoms with van der Waals surface area (Å²) in [5.74, 6) is 0.741. The number of amides is 1. The van der Waals surface area contributed by atoms with Crippen molar-refractivity contribution in [3.05, 3.63) is 29.8 Å². The maximum atomic E-state index is 10.8. The first-order chi connectivity index (χ1) is 8.16. The Labute approximate surface area is 99.9 Å². The van der Waals surface area contributed by atoms with Crippen molar-refractivity contribution in [2.24, 2.45) is 5.73 Å². The van der Waals surface area contributed by atoms with Gasteiger partial charge in [0.2, 0.25) is 0 Å². The Kier molecular flexibility index (Phi) is 3.49. The first-order valence-corrected chi connectivity index (χ1v) is 5.58. The van der Waals surface area contributed by atoms with Gasteiger partial charge in [-0.05, 0) is 13.0 Å². The molecule has 1 aromatic rings. The van der Waals surface area contributed by atoms with E-state index in [2.05, 4.69) is 5.32 Å². The van der Waals surface area contributed by atoms with Gasteiger partial charge in [0.15, 0.2) is 6.10 Å². The molecular weight excluding hydrogens is 220 g/mol. The number of cyclic esters (lactones) is 1. The van der Waals surface area contributed by atoms with E-state index in [1.807, 2.05) is 31.2 Å². The zero-order valence-electron chi connectivity index (χ0n) is 9.68. The number of carbonyl (C=O) groups is 1. The third kappa shape index (κ3) is 2.88. The molecule has 2 rings (SSSR count). The lowest BCUT2D eigenvalue weighted by molar-refractivity contribution is 0.104. The Morgan fingerprint density at radius 3 is 3.00 bits per heavy atom. The summed E-state index contributed by atoms with van der Waals surface area (Å²) in [6.07, 6.45) is -0.622. The van der Waals surface area contributed by atoms with Gasteiger partial charge < -0.3 is 20.5 Å². The minimum Gasteiger partial charge on any atom is -0.489 e. The smallest absolute Gasteiger partial charge is 0.407 e. The molecule has 0 aromatic heterocycles. The Balaban J connectivity index is 1.96. The number of hydrogen-bond donors (Lipinski definition) is 2. The number of nitrogens with one attached hydrogen (secondary N) is 1. The lowest BCUT2D eigenvalue weighted by Gasteiger charge is -2.15. The van der Waals surface area contributed by atoms with Gasteiger partial charge in [0, 0.05) is 11.6 Å². The van der Waals surface area contributed by atoms with Crippen molar-refractivity contribution < 1.29 is 14.3 Å². The average Bonchev–Trinajstić information content (AvgIpc) is 2.73. The van der Waals surface area contributed by atoms with Crippen LogP contribution < -0.4 is 15.8 Å². The standard InChI is InChI=1S/C12H16N2O3/c1-8(13)10-4-2-3-5-11(10)16-7-9-6-14-12(15)17-9/h2-5,8-9H,6-7,13H2,1H3,(H,14,15)/t8-,9?/m0/s1. The molecule has 5 heteroatoms. The maximum absolute atomic E-state index is 10.8. The molecule has 0 bridgehead atoms. The van der Waals surface area contributed by atoms with Gasteiger partial charge in [0.25, 0.3) is 0 Å². The van der Waals surface area contributed by atoms with Crippen LogP contribution in [-0.4, -0.2) is 25.3 Å². The number of hydrogen-bond acceptors (Lipinski definition) is 4. The van der Waals surface area contributed by atoms with Gasteiger partial charge in [-0.15, -0.1) is 0 Å². The van der Waals surface area contributed by atoms with Crippen molar-refractivity contribution >= 4 is 6.09 Å². The SMILES string of the molecule is C[C@H](N)c1ccccc1OCC1CNC(=O)O1. The maximum Gasteiger partial charge on any atom is 0.407 e. The number of para-hydroxylation sites is 1. The molecule has 1 unspecified atom stereocenters. The summed E-state index contributed by atoms with van der Waals surface area (Å²) in [6.45, 7) is 2.72. The van der Waals surface area contributed by atoms with E-state index in [1.54, 1.807) is 0 Å². The highest BCUT2D eigenvalue weighted by molar-refractivity contribution is 5.69. The molecule has 1 aliphatic heterocycles. The molecule has 1 fully saturated rings. The summed E-state index contributed by atoms with van der Waals surface area (Å²) >= 11 is 0. The summed E-state index contributed by atoms with van der Waals surface area (Å²) in [5, 5.41) is 2.58. The van der Waals surface area contributed by atoms with Crippen LogP contribution >= 0.6 is 0 Å². The predicted molar refractivity (Wildman–Crippen MR) is 62.8 cm³/mol. The van der Waals surface area contributed by atoms with E-state index in [1.165, 1.54) is 0 Å². The highest BCUT2D eigenvalue weighted by Crippen LogP contribution is 2.23. The van der Waals surface area contributed by atoms with Gasteiger partial charge in [-0.25, -0.2) is 4.79 Å². The van der Waals surface area contributed by atoms with Gasteiger partial charge >= 0.3 is 6.09 Å². The first kappa shape index (κ1) is 11.7. The Bertz CT molecular complexity index is 406. The third-order valence-corrected chi connectivity index (χ3v) is 2.58. The molecule has 0 spiro atoms. The highest BCUT2D eigenvalue weighted by atomic mass is 16.6. The van der Waals surface area contributed by atoms with Gasteiger partial charge in [-0.1, -0.05) is 18.2 Å². The zero-order chi connectivity index (χ0) is 12.3. The number of nitrogens with two attached hydrogens (primary N) is 1. The molecule has 0 radical (unpaired) electrons. The topological polar surface area (TPSA) is 73.6 Å². The van der Waals surface area contributed by atoms with Crippen LogP contribution in [-0.2, 0) is 4.74 Å². The van der Waals surface area contributed by atoms with Crippen LogP contribution in [0.25, 0.3) is 0 Å². The quantitative estimate of drug-likeness (QED) is 0.823. The molecule has 5 nitrogen and oxygen atoms in total. The lowest BCUT2D eigenvalue weighted by atomic mass is 10.1. The first-order valence-electron chi connectivity index (χ1n) is 5.58. The summed E-state index contributed by atoms with van der Waals surface area (Å²) in [4.78, 5) is 10.8. The lowest BCUT2D eigenvalue weighted by Crippen LogP contribution is -2.22. The number of alkyl carbamates (subject to hydrolysis) is 1. The van der Waals surface area contributed by atoms with Gasteiger partial charge in [0.1, 0.15) is 12.4 Å². The largest absolute Gasteiger partial charge is 0.489 e. The van der Waals surface area contributed by atoms with Crippen molar-refractivity contribution in [3.63, 3.8) is 0 Å². The van der Waals surface area contributed by atoms with Crippen molar-refractivity contribution in [1.82, 2.24) is 5.32 Å². The minimum absolute atomic E-state index is 0.0875. The summed E-state index contributed by atoms with van der Waals surface area (Å²) in [6, 6.07) is 7.51. The zero-order valence-corrected chi connectivity index (χ0v) is 9.68. The van der Waals surface area contributed by atoms with E-state index in [0.717, 1.165) is 11.3 Å². The number of benzene rings is 1. The Morgan fingerprint density at radius 2 is 2.35 bits per heavy atom. The van der Waals surface area contributed by atoms with Crippen LogP contribution in [0.3, 0.4) is 0 Å². The third-order valence-electron chi connectivity index (χ3n) is 2.58. The second kappa shape index (κ2) is 5.05. The second-order valence-corrected chi connectivity index (χ2v) is 4.05. The number of carbonyl (C=O) groups excluding carboxylic acids is 1. The molecule has 3 N–H and O–H groups in total. The predicted octanol–water partition coefficient (Wildman–Crippen LogP) is 1.19. The minimum atomic E-state index is -0.390. The van der Waals surface area contributed by atoms with Gasteiger partial charge in [-0.3, -0.25) is 0 Å². The van der Waals surface area contributed by atoms with Crippen LogP contribution in [0.2, 0.25) is 0 Å². The monoisotopic (exact) mass is 236 g/mol. The van der Waals surface area contributed by atoms with Crippen molar-refractivity contribution in [2.75, 3.05) is 13.2 Å². The fraction of sp³-hybridized carbons (Fsp3) is 0.417. The molecule has 1 aromatic carbocycles. The van der Waals surface area contributed by atoms with E-state index in [0.29, 0.717) is 13.2 Å². The van der Waals surface area contributed by atoms with Crippen LogP contribution in [0, 0.1) is 0 Å². The van der Waals surface area contributed by atoms with Gasteiger partial charge in [-0.2, -0.15) is 0 Å². The average molecular weight is 236 g/mol. The molecule has 1 heterocycles. The molecule has 0 saturated carbocycles. The highest BCUT2D eigenvalue weighted by Gasteiger charge is 2.23. The fourth-order valence-electron chi connectivity index (χ4n) is 1.70. The molecule has 1 aliphatic rings. The number of rotatable bonds is 4. The summed E-state index contributed by atoms with van der Waals surface area (Å²) in [5.41, 5.74) is 6.79. The van der Waals surface area contributed by atoms with E-state index in [4.69, 9.17) is 15.2 Å². The van der Waals surface area contributed by atoms with Crippen molar-refractivity contribution in [2.45, 2.75) is 19.1 Å². The second-order valence-electron chi connectivity index (χ2n) is 4.05. The van der Waals surface area contributed by atoms with Crippen molar-refractivity contribution in [3.8, 4) is 5.75 Å². The normalized spacial score (nSPS) is 20.6. The molecule has 1 saturated heterocycles.